The zero-order valence-corrected chi connectivity index (χ0v) is 8.33. The molecule has 1 aromatic heterocycles. The lowest BCUT2D eigenvalue weighted by Crippen LogP contribution is -2.25. The molecule has 1 aromatic rings. The van der Waals surface area contributed by atoms with Crippen LogP contribution >= 0.6 is 0 Å². The number of nitrogens with one attached hydrogen (secondary N) is 1. The van der Waals surface area contributed by atoms with Crippen molar-refractivity contribution in [3.63, 3.8) is 0 Å². The van der Waals surface area contributed by atoms with Crippen LogP contribution in [0.15, 0.2) is 18.7 Å². The summed E-state index contributed by atoms with van der Waals surface area (Å²) in [4.78, 5) is 7.91. The molecule has 1 rings (SSSR count). The molecular formula is C10H17N3. The molecule has 0 saturated carbocycles. The van der Waals surface area contributed by atoms with Gasteiger partial charge in [0.2, 0.25) is 0 Å². The molecule has 0 aromatic carbocycles. The van der Waals surface area contributed by atoms with Crippen LogP contribution in [0.2, 0.25) is 0 Å². The van der Waals surface area contributed by atoms with E-state index >= 15 is 0 Å². The maximum atomic E-state index is 3.96. The Morgan fingerprint density at radius 1 is 1.38 bits per heavy atom. The predicted molar refractivity (Wildman–Crippen MR) is 53.2 cm³/mol. The standard InChI is InChI=1S/C10H17N3/c1-3-4-9(2)13-7-10-5-11-8-12-6-10/h5-6,8-9,13H,3-4,7H2,1-2H3. The average Bonchev–Trinajstić information content (AvgIpc) is 2.17. The van der Waals surface area contributed by atoms with Gasteiger partial charge in [-0.3, -0.25) is 0 Å². The second-order valence-electron chi connectivity index (χ2n) is 3.32. The summed E-state index contributed by atoms with van der Waals surface area (Å²) >= 11 is 0. The first kappa shape index (κ1) is 10.1. The second kappa shape index (κ2) is 5.65. The first-order chi connectivity index (χ1) is 6.33. The van der Waals surface area contributed by atoms with Gasteiger partial charge in [-0.05, 0) is 13.3 Å². The summed E-state index contributed by atoms with van der Waals surface area (Å²) in [5.41, 5.74) is 1.14. The summed E-state index contributed by atoms with van der Waals surface area (Å²) in [6.07, 6.45) is 7.68. The number of hydrogen-bond acceptors (Lipinski definition) is 3. The molecule has 1 N–H and O–H groups in total. The minimum absolute atomic E-state index is 0.574. The Morgan fingerprint density at radius 2 is 2.08 bits per heavy atom. The molecule has 0 aliphatic rings. The highest BCUT2D eigenvalue weighted by atomic mass is 14.9. The second-order valence-corrected chi connectivity index (χ2v) is 3.32. The number of nitrogens with zero attached hydrogens (tertiary/aromatic N) is 2. The summed E-state index contributed by atoms with van der Waals surface area (Å²) in [6, 6.07) is 0.574. The molecule has 0 fully saturated rings. The summed E-state index contributed by atoms with van der Waals surface area (Å²) in [7, 11) is 0. The normalized spacial score (nSPS) is 12.8. The van der Waals surface area contributed by atoms with E-state index in [1.54, 1.807) is 6.33 Å². The van der Waals surface area contributed by atoms with E-state index in [0.717, 1.165) is 12.1 Å². The van der Waals surface area contributed by atoms with Gasteiger partial charge in [0.05, 0.1) is 0 Å². The number of rotatable bonds is 5. The van der Waals surface area contributed by atoms with E-state index in [-0.39, 0.29) is 0 Å². The van der Waals surface area contributed by atoms with Gasteiger partial charge >= 0.3 is 0 Å². The Labute approximate surface area is 79.6 Å². The molecule has 1 atom stereocenters. The Kier molecular flexibility index (Phi) is 4.40. The fraction of sp³-hybridized carbons (Fsp3) is 0.600. The zero-order valence-electron chi connectivity index (χ0n) is 8.33. The third-order valence-electron chi connectivity index (χ3n) is 1.99. The molecule has 3 heteroatoms. The van der Waals surface area contributed by atoms with Crippen LogP contribution in [0, 0.1) is 0 Å². The van der Waals surface area contributed by atoms with Crippen LogP contribution in [-0.4, -0.2) is 16.0 Å². The van der Waals surface area contributed by atoms with E-state index in [1.165, 1.54) is 12.8 Å². The van der Waals surface area contributed by atoms with Gasteiger partial charge in [-0.2, -0.15) is 0 Å². The van der Waals surface area contributed by atoms with Crippen LogP contribution in [0.1, 0.15) is 32.3 Å². The van der Waals surface area contributed by atoms with Crippen LogP contribution in [0.25, 0.3) is 0 Å². The maximum absolute atomic E-state index is 3.96. The van der Waals surface area contributed by atoms with Crippen molar-refractivity contribution in [2.45, 2.75) is 39.3 Å². The van der Waals surface area contributed by atoms with Gasteiger partial charge in [0.15, 0.2) is 0 Å². The molecule has 72 valence electrons. The van der Waals surface area contributed by atoms with Crippen LogP contribution in [0.3, 0.4) is 0 Å². The minimum atomic E-state index is 0.574. The molecule has 0 bridgehead atoms. The fourth-order valence-corrected chi connectivity index (χ4v) is 1.25. The van der Waals surface area contributed by atoms with Crippen molar-refractivity contribution >= 4 is 0 Å². The first-order valence-corrected chi connectivity index (χ1v) is 4.80. The molecular weight excluding hydrogens is 162 g/mol. The Hall–Kier alpha value is -0.960. The summed E-state index contributed by atoms with van der Waals surface area (Å²) in [6.45, 7) is 5.26. The van der Waals surface area contributed by atoms with Crippen molar-refractivity contribution in [1.29, 1.82) is 0 Å². The Bertz CT molecular complexity index is 223. The third-order valence-corrected chi connectivity index (χ3v) is 1.99. The fourth-order valence-electron chi connectivity index (χ4n) is 1.25. The molecule has 1 heterocycles. The zero-order chi connectivity index (χ0) is 9.52. The van der Waals surface area contributed by atoms with Crippen LogP contribution in [0.5, 0.6) is 0 Å². The molecule has 0 aliphatic carbocycles. The molecule has 13 heavy (non-hydrogen) atoms. The van der Waals surface area contributed by atoms with Crippen molar-refractivity contribution in [2.24, 2.45) is 0 Å². The first-order valence-electron chi connectivity index (χ1n) is 4.80. The SMILES string of the molecule is CCCC(C)NCc1cncnc1. The van der Waals surface area contributed by atoms with Crippen molar-refractivity contribution in [2.75, 3.05) is 0 Å². The van der Waals surface area contributed by atoms with Crippen molar-refractivity contribution in [1.82, 2.24) is 15.3 Å². The Balaban J connectivity index is 2.27. The van der Waals surface area contributed by atoms with Gasteiger partial charge in [0, 0.05) is 30.5 Å². The monoisotopic (exact) mass is 179 g/mol. The summed E-state index contributed by atoms with van der Waals surface area (Å²) in [5.74, 6) is 0. The molecule has 0 radical (unpaired) electrons. The van der Waals surface area contributed by atoms with E-state index < -0.39 is 0 Å². The van der Waals surface area contributed by atoms with Gasteiger partial charge in [0.25, 0.3) is 0 Å². The van der Waals surface area contributed by atoms with Crippen LogP contribution in [-0.2, 0) is 6.54 Å². The van der Waals surface area contributed by atoms with Crippen LogP contribution < -0.4 is 5.32 Å². The lowest BCUT2D eigenvalue weighted by molar-refractivity contribution is 0.507. The molecule has 0 amide bonds. The summed E-state index contributed by atoms with van der Waals surface area (Å²) in [5, 5.41) is 3.42. The van der Waals surface area contributed by atoms with Gasteiger partial charge in [-0.1, -0.05) is 13.3 Å². The van der Waals surface area contributed by atoms with Gasteiger partial charge in [-0.15, -0.1) is 0 Å². The minimum Gasteiger partial charge on any atom is -0.310 e. The molecule has 3 nitrogen and oxygen atoms in total. The molecule has 0 saturated heterocycles. The van der Waals surface area contributed by atoms with Gasteiger partial charge < -0.3 is 5.32 Å². The van der Waals surface area contributed by atoms with Crippen LogP contribution in [0.4, 0.5) is 0 Å². The van der Waals surface area contributed by atoms with Gasteiger partial charge in [0.1, 0.15) is 6.33 Å². The molecule has 0 aliphatic heterocycles. The third kappa shape index (κ3) is 3.99. The van der Waals surface area contributed by atoms with E-state index in [0.29, 0.717) is 6.04 Å². The highest BCUT2D eigenvalue weighted by Gasteiger charge is 1.99. The lowest BCUT2D eigenvalue weighted by atomic mass is 10.2. The van der Waals surface area contributed by atoms with E-state index in [4.69, 9.17) is 0 Å². The molecule has 1 unspecified atom stereocenters. The maximum Gasteiger partial charge on any atom is 0.115 e. The average molecular weight is 179 g/mol. The van der Waals surface area contributed by atoms with Crippen molar-refractivity contribution in [3.05, 3.63) is 24.3 Å². The lowest BCUT2D eigenvalue weighted by Gasteiger charge is -2.11. The molecule has 0 spiro atoms. The topological polar surface area (TPSA) is 37.8 Å². The predicted octanol–water partition coefficient (Wildman–Crippen LogP) is 1.75. The van der Waals surface area contributed by atoms with Crippen molar-refractivity contribution in [3.8, 4) is 0 Å². The van der Waals surface area contributed by atoms with E-state index in [2.05, 4.69) is 29.1 Å². The highest BCUT2D eigenvalue weighted by Crippen LogP contribution is 1.97. The summed E-state index contributed by atoms with van der Waals surface area (Å²) < 4.78 is 0. The van der Waals surface area contributed by atoms with Crippen molar-refractivity contribution < 1.29 is 0 Å². The quantitative estimate of drug-likeness (QED) is 0.748. The van der Waals surface area contributed by atoms with E-state index in [9.17, 15) is 0 Å². The van der Waals surface area contributed by atoms with E-state index in [1.807, 2.05) is 12.4 Å². The smallest absolute Gasteiger partial charge is 0.115 e. The Morgan fingerprint density at radius 3 is 2.69 bits per heavy atom. The largest absolute Gasteiger partial charge is 0.310 e. The highest BCUT2D eigenvalue weighted by molar-refractivity contribution is 5.01. The number of hydrogen-bond donors (Lipinski definition) is 1. The number of aromatic nitrogens is 2. The van der Waals surface area contributed by atoms with Gasteiger partial charge in [-0.25, -0.2) is 9.97 Å².